The van der Waals surface area contributed by atoms with Crippen LogP contribution < -0.4 is 5.73 Å². The summed E-state index contributed by atoms with van der Waals surface area (Å²) in [6.45, 7) is 7.34. The molecular formula is C7H17N3O. The fraction of sp³-hybridized carbons (Fsp3) is 0.714. The molecule has 0 aromatic rings. The first-order valence-electron chi connectivity index (χ1n) is 3.64. The molecule has 0 rings (SSSR count). The zero-order valence-electron chi connectivity index (χ0n) is 7.57. The van der Waals surface area contributed by atoms with Crippen LogP contribution in [0.4, 0.5) is 0 Å². The summed E-state index contributed by atoms with van der Waals surface area (Å²) in [7, 11) is 0. The molecular weight excluding hydrogens is 142 g/mol. The highest BCUT2D eigenvalue weighted by Crippen LogP contribution is 1.80. The lowest BCUT2D eigenvalue weighted by Crippen LogP contribution is -2.27. The van der Waals surface area contributed by atoms with Gasteiger partial charge in [0.2, 0.25) is 0 Å². The smallest absolute Gasteiger partial charge is 0.143 e. The third-order valence-electron chi connectivity index (χ3n) is 0.759. The molecule has 0 saturated carbocycles. The lowest BCUT2D eigenvalue weighted by atomic mass is 10.4. The van der Waals surface area contributed by atoms with Gasteiger partial charge in [-0.05, 0) is 13.8 Å². The normalized spacial score (nSPS) is 14.2. The Balaban J connectivity index is 0. The maximum Gasteiger partial charge on any atom is 0.143 e. The maximum absolute atomic E-state index is 8.62. The van der Waals surface area contributed by atoms with E-state index in [2.05, 4.69) is 10.2 Å². The Kier molecular flexibility index (Phi) is 10.9. The Morgan fingerprint density at radius 2 is 2.00 bits per heavy atom. The van der Waals surface area contributed by atoms with Crippen LogP contribution >= 0.6 is 0 Å². The molecule has 1 atom stereocenters. The summed E-state index contributed by atoms with van der Waals surface area (Å²) in [5.41, 5.74) is 5.44. The summed E-state index contributed by atoms with van der Waals surface area (Å²) in [6, 6.07) is 0. The van der Waals surface area contributed by atoms with Crippen LogP contribution in [0.1, 0.15) is 27.7 Å². The van der Waals surface area contributed by atoms with Crippen LogP contribution in [0.5, 0.6) is 0 Å². The zero-order chi connectivity index (χ0) is 9.28. The highest BCUT2D eigenvalue weighted by Gasteiger charge is 1.96. The molecule has 0 spiro atoms. The van der Waals surface area contributed by atoms with Gasteiger partial charge < -0.3 is 10.8 Å². The Labute approximate surface area is 67.8 Å². The van der Waals surface area contributed by atoms with Gasteiger partial charge in [-0.3, -0.25) is 0 Å². The molecule has 4 nitrogen and oxygen atoms in total. The van der Waals surface area contributed by atoms with E-state index in [1.807, 2.05) is 13.8 Å². The third kappa shape index (κ3) is 9.26. The van der Waals surface area contributed by atoms with Gasteiger partial charge in [0.1, 0.15) is 6.23 Å². The number of aliphatic hydroxyl groups excluding tert-OH is 1. The van der Waals surface area contributed by atoms with Gasteiger partial charge in [-0.25, -0.2) is 0 Å². The summed E-state index contributed by atoms with van der Waals surface area (Å²) in [6.07, 6.45) is 0.528. The van der Waals surface area contributed by atoms with Crippen LogP contribution in [0.2, 0.25) is 0 Å². The van der Waals surface area contributed by atoms with E-state index in [-0.39, 0.29) is 0 Å². The van der Waals surface area contributed by atoms with Gasteiger partial charge in [0.05, 0.1) is 5.71 Å². The molecule has 4 heteroatoms. The van der Waals surface area contributed by atoms with Crippen molar-refractivity contribution in [3.05, 3.63) is 0 Å². The Morgan fingerprint density at radius 1 is 1.55 bits per heavy atom. The third-order valence-corrected chi connectivity index (χ3v) is 0.759. The molecule has 0 radical (unpaired) electrons. The number of hydrogen-bond donors (Lipinski definition) is 2. The second kappa shape index (κ2) is 9.26. The Bertz CT molecular complexity index is 130. The van der Waals surface area contributed by atoms with Crippen LogP contribution in [-0.2, 0) is 0 Å². The lowest BCUT2D eigenvalue weighted by Gasteiger charge is -1.98. The predicted molar refractivity (Wildman–Crippen MR) is 48.8 cm³/mol. The minimum atomic E-state index is -0.992. The van der Waals surface area contributed by atoms with Gasteiger partial charge in [-0.15, -0.1) is 0 Å². The highest BCUT2D eigenvalue weighted by molar-refractivity contribution is 5.85. The average molecular weight is 159 g/mol. The predicted octanol–water partition coefficient (Wildman–Crippen LogP) is 0.756. The largest absolute Gasteiger partial charge is 0.373 e. The van der Waals surface area contributed by atoms with Gasteiger partial charge in [0, 0.05) is 6.21 Å². The number of aliphatic hydroxyl groups is 1. The number of hydrogen-bond acceptors (Lipinski definition) is 4. The molecule has 0 aliphatic rings. The van der Waals surface area contributed by atoms with Crippen molar-refractivity contribution in [2.45, 2.75) is 33.9 Å². The molecule has 0 heterocycles. The van der Waals surface area contributed by atoms with Crippen molar-refractivity contribution in [2.75, 3.05) is 0 Å². The van der Waals surface area contributed by atoms with E-state index < -0.39 is 6.23 Å². The first-order valence-corrected chi connectivity index (χ1v) is 3.64. The van der Waals surface area contributed by atoms with E-state index in [0.29, 0.717) is 5.71 Å². The molecule has 11 heavy (non-hydrogen) atoms. The van der Waals surface area contributed by atoms with Gasteiger partial charge in [0.25, 0.3) is 0 Å². The van der Waals surface area contributed by atoms with Crippen LogP contribution in [0.3, 0.4) is 0 Å². The Hall–Kier alpha value is -0.740. The first kappa shape index (κ1) is 12.9. The first-order chi connectivity index (χ1) is 5.18. The highest BCUT2D eigenvalue weighted by atomic mass is 16.3. The number of nitrogens with two attached hydrogens (primary N) is 1. The zero-order valence-corrected chi connectivity index (χ0v) is 7.57. The van der Waals surface area contributed by atoms with Gasteiger partial charge in [-0.1, -0.05) is 13.8 Å². The van der Waals surface area contributed by atoms with Crippen molar-refractivity contribution in [3.63, 3.8) is 0 Å². The number of rotatable bonds is 2. The van der Waals surface area contributed by atoms with Crippen molar-refractivity contribution < 1.29 is 5.11 Å². The van der Waals surface area contributed by atoms with E-state index in [1.54, 1.807) is 13.8 Å². The van der Waals surface area contributed by atoms with Gasteiger partial charge in [-0.2, -0.15) is 10.2 Å². The number of nitrogens with zero attached hydrogens (tertiary/aromatic N) is 2. The fourth-order valence-corrected chi connectivity index (χ4v) is 0.208. The van der Waals surface area contributed by atoms with Crippen molar-refractivity contribution in [2.24, 2.45) is 15.9 Å². The maximum atomic E-state index is 8.62. The van der Waals surface area contributed by atoms with Gasteiger partial charge >= 0.3 is 0 Å². The minimum Gasteiger partial charge on any atom is -0.373 e. The van der Waals surface area contributed by atoms with E-state index in [4.69, 9.17) is 10.8 Å². The quantitative estimate of drug-likeness (QED) is 0.354. The van der Waals surface area contributed by atoms with Crippen LogP contribution in [0.25, 0.3) is 0 Å². The van der Waals surface area contributed by atoms with Crippen LogP contribution in [0, 0.1) is 0 Å². The van der Waals surface area contributed by atoms with E-state index in [9.17, 15) is 0 Å². The Morgan fingerprint density at radius 3 is 2.27 bits per heavy atom. The molecule has 1 unspecified atom stereocenters. The topological polar surface area (TPSA) is 71.0 Å². The molecule has 0 saturated heterocycles. The lowest BCUT2D eigenvalue weighted by molar-refractivity contribution is 0.249. The molecule has 0 amide bonds. The summed E-state index contributed by atoms with van der Waals surface area (Å²) in [4.78, 5) is 0. The van der Waals surface area contributed by atoms with Crippen LogP contribution in [0.15, 0.2) is 10.2 Å². The molecule has 0 aliphatic carbocycles. The molecule has 0 bridgehead atoms. The molecule has 0 aliphatic heterocycles. The summed E-state index contributed by atoms with van der Waals surface area (Å²) in [5, 5.41) is 15.7. The van der Waals surface area contributed by atoms with E-state index in [0.717, 1.165) is 0 Å². The SMILES string of the molecule is C/C=N\N=C(\C)C(N)O.CC. The van der Waals surface area contributed by atoms with Gasteiger partial charge in [0.15, 0.2) is 0 Å². The standard InChI is InChI=1S/C5H11N3O.C2H6/c1-3-7-8-4(2)5(6)9;1-2/h3,5,9H,6H2,1-2H3;1-2H3/b7-3-,8-4-;. The summed E-state index contributed by atoms with van der Waals surface area (Å²) >= 11 is 0. The second-order valence-electron chi connectivity index (χ2n) is 1.56. The van der Waals surface area contributed by atoms with Crippen molar-refractivity contribution >= 4 is 11.9 Å². The van der Waals surface area contributed by atoms with Crippen molar-refractivity contribution in [3.8, 4) is 0 Å². The fourth-order valence-electron chi connectivity index (χ4n) is 0.208. The minimum absolute atomic E-state index is 0.410. The average Bonchev–Trinajstić information content (AvgIpc) is 2.03. The summed E-state index contributed by atoms with van der Waals surface area (Å²) in [5.74, 6) is 0. The van der Waals surface area contributed by atoms with Crippen molar-refractivity contribution in [1.82, 2.24) is 0 Å². The monoisotopic (exact) mass is 159 g/mol. The molecule has 0 aromatic carbocycles. The second-order valence-corrected chi connectivity index (χ2v) is 1.56. The van der Waals surface area contributed by atoms with E-state index in [1.165, 1.54) is 6.21 Å². The molecule has 66 valence electrons. The van der Waals surface area contributed by atoms with Crippen LogP contribution in [-0.4, -0.2) is 23.3 Å². The van der Waals surface area contributed by atoms with Crippen molar-refractivity contribution in [1.29, 1.82) is 0 Å². The summed E-state index contributed by atoms with van der Waals surface area (Å²) < 4.78 is 0. The molecule has 3 N–H and O–H groups in total. The van der Waals surface area contributed by atoms with E-state index >= 15 is 0 Å². The molecule has 0 fully saturated rings. The molecule has 0 aromatic heterocycles.